The lowest BCUT2D eigenvalue weighted by Gasteiger charge is -2.42. The highest BCUT2D eigenvalue weighted by Gasteiger charge is 2.46. The monoisotopic (exact) mass is 796 g/mol. The van der Waals surface area contributed by atoms with E-state index in [0.29, 0.717) is 68.4 Å². The van der Waals surface area contributed by atoms with Gasteiger partial charge in [-0.3, -0.25) is 9.88 Å². The average Bonchev–Trinajstić information content (AvgIpc) is 3.93. The number of fused-ring (bicyclic) bond motifs is 4. The van der Waals surface area contributed by atoms with Crippen molar-refractivity contribution in [2.75, 3.05) is 31.9 Å². The van der Waals surface area contributed by atoms with Crippen molar-refractivity contribution in [3.8, 4) is 28.5 Å². The summed E-state index contributed by atoms with van der Waals surface area (Å²) in [6, 6.07) is 6.60. The number of hydrogen-bond donors (Lipinski definition) is 0. The van der Waals surface area contributed by atoms with Crippen molar-refractivity contribution in [2.45, 2.75) is 135 Å². The van der Waals surface area contributed by atoms with Crippen molar-refractivity contribution in [1.29, 1.82) is 0 Å². The Hall–Kier alpha value is -4.27. The highest BCUT2D eigenvalue weighted by molar-refractivity contribution is 6.90. The van der Waals surface area contributed by atoms with Gasteiger partial charge < -0.3 is 19.1 Å². The van der Waals surface area contributed by atoms with Crippen LogP contribution in [0, 0.1) is 30.0 Å². The molecule has 1 saturated carbocycles. The average molecular weight is 797 g/mol. The molecular weight excluding hydrogens is 739 g/mol. The van der Waals surface area contributed by atoms with Gasteiger partial charge in [0.1, 0.15) is 36.8 Å². The van der Waals surface area contributed by atoms with Crippen LogP contribution in [0.1, 0.15) is 111 Å². The van der Waals surface area contributed by atoms with Gasteiger partial charge in [0.25, 0.3) is 0 Å². The van der Waals surface area contributed by atoms with Crippen LogP contribution in [0.5, 0.6) is 5.75 Å². The fourth-order valence-corrected chi connectivity index (χ4v) is 15.1. The van der Waals surface area contributed by atoms with E-state index in [9.17, 15) is 4.79 Å². The van der Waals surface area contributed by atoms with Gasteiger partial charge in [-0.15, -0.1) is 5.54 Å². The van der Waals surface area contributed by atoms with Gasteiger partial charge in [-0.25, -0.2) is 18.6 Å². The molecule has 11 heteroatoms. The molecule has 0 N–H and O–H groups in total. The predicted octanol–water partition coefficient (Wildman–Crippen LogP) is 11.1. The SMILES string of the molecule is COCOc1cc(-c2ncc3c(N4CC5CCC(C4)N5C(=O)OC(C)(C)C)nc(C)c(C4CC4)c3c2F)c2c(C#C[Si](C(C)C)(C(C)C)C(C)C)c(F)ccc2c1. The lowest BCUT2D eigenvalue weighted by atomic mass is 9.93. The maximum atomic E-state index is 17.9. The van der Waals surface area contributed by atoms with E-state index in [1.165, 1.54) is 6.07 Å². The highest BCUT2D eigenvalue weighted by atomic mass is 28.3. The van der Waals surface area contributed by atoms with E-state index in [4.69, 9.17) is 24.2 Å². The number of ether oxygens (including phenoxy) is 3. The van der Waals surface area contributed by atoms with Crippen LogP contribution in [0.15, 0.2) is 30.5 Å². The molecule has 3 fully saturated rings. The molecule has 2 aromatic heterocycles. The first kappa shape index (κ1) is 40.9. The summed E-state index contributed by atoms with van der Waals surface area (Å²) < 4.78 is 51.1. The number of benzene rings is 2. The second-order valence-corrected chi connectivity index (χ2v) is 23.9. The maximum absolute atomic E-state index is 17.9. The number of carbonyl (C=O) groups is 1. The molecular formula is C46H58F2N4O4Si. The number of hydrogen-bond acceptors (Lipinski definition) is 7. The minimum absolute atomic E-state index is 0.0129. The Kier molecular flexibility index (Phi) is 11.1. The Balaban J connectivity index is 1.42. The number of piperazine rings is 1. The Labute approximate surface area is 337 Å². The molecule has 0 radical (unpaired) electrons. The largest absolute Gasteiger partial charge is 0.468 e. The van der Waals surface area contributed by atoms with Crippen molar-refractivity contribution in [3.05, 3.63) is 58.9 Å². The molecule has 2 saturated heterocycles. The fourth-order valence-electron chi connectivity index (χ4n) is 9.91. The minimum atomic E-state index is -2.26. The third kappa shape index (κ3) is 7.48. The fraction of sp³-hybridized carbons (Fsp3) is 0.543. The van der Waals surface area contributed by atoms with Crippen LogP contribution in [-0.2, 0) is 9.47 Å². The van der Waals surface area contributed by atoms with Gasteiger partial charge in [-0.05, 0) is 105 Å². The number of carbonyl (C=O) groups excluding carboxylic acids is 1. The Bertz CT molecular complexity index is 2240. The molecule has 57 heavy (non-hydrogen) atoms. The topological polar surface area (TPSA) is 77.0 Å². The van der Waals surface area contributed by atoms with E-state index in [-0.39, 0.29) is 42.1 Å². The number of halogens is 2. The van der Waals surface area contributed by atoms with E-state index in [1.807, 2.05) is 38.7 Å². The van der Waals surface area contributed by atoms with Crippen molar-refractivity contribution in [3.63, 3.8) is 0 Å². The third-order valence-corrected chi connectivity index (χ3v) is 18.8. The van der Waals surface area contributed by atoms with E-state index in [2.05, 4.69) is 57.9 Å². The van der Waals surface area contributed by atoms with Crippen LogP contribution in [0.4, 0.5) is 19.4 Å². The first-order valence-corrected chi connectivity index (χ1v) is 22.9. The molecule has 0 spiro atoms. The van der Waals surface area contributed by atoms with E-state index < -0.39 is 25.3 Å². The summed E-state index contributed by atoms with van der Waals surface area (Å²) in [6.07, 6.45) is 5.07. The number of nitrogens with zero attached hydrogens (tertiary/aromatic N) is 4. The minimum Gasteiger partial charge on any atom is -0.468 e. The van der Waals surface area contributed by atoms with E-state index >= 15 is 8.78 Å². The third-order valence-electron chi connectivity index (χ3n) is 12.5. The number of anilines is 1. The maximum Gasteiger partial charge on any atom is 0.410 e. The summed E-state index contributed by atoms with van der Waals surface area (Å²) in [5.41, 5.74) is 6.60. The van der Waals surface area contributed by atoms with Crippen molar-refractivity contribution < 1.29 is 27.8 Å². The highest BCUT2D eigenvalue weighted by Crippen LogP contribution is 2.49. The van der Waals surface area contributed by atoms with Gasteiger partial charge >= 0.3 is 6.09 Å². The summed E-state index contributed by atoms with van der Waals surface area (Å²) in [6.45, 7) is 22.1. The van der Waals surface area contributed by atoms with Crippen molar-refractivity contribution in [2.24, 2.45) is 0 Å². The van der Waals surface area contributed by atoms with Crippen molar-refractivity contribution in [1.82, 2.24) is 14.9 Å². The number of aromatic nitrogens is 2. The van der Waals surface area contributed by atoms with Gasteiger partial charge in [-0.1, -0.05) is 53.5 Å². The first-order valence-electron chi connectivity index (χ1n) is 20.6. The van der Waals surface area contributed by atoms with Crippen molar-refractivity contribution >= 4 is 41.5 Å². The number of aryl methyl sites for hydroxylation is 1. The Morgan fingerprint density at radius 2 is 1.61 bits per heavy atom. The second-order valence-electron chi connectivity index (χ2n) is 18.3. The molecule has 4 aromatic rings. The van der Waals surface area contributed by atoms with Crippen LogP contribution in [-0.4, -0.2) is 73.7 Å². The zero-order valence-electron chi connectivity index (χ0n) is 35.5. The Morgan fingerprint density at radius 3 is 2.19 bits per heavy atom. The molecule has 1 aliphatic carbocycles. The van der Waals surface area contributed by atoms with E-state index in [1.54, 1.807) is 25.4 Å². The Morgan fingerprint density at radius 1 is 0.965 bits per heavy atom. The molecule has 304 valence electrons. The zero-order valence-corrected chi connectivity index (χ0v) is 36.5. The van der Waals surface area contributed by atoms with Crippen LogP contribution in [0.25, 0.3) is 32.8 Å². The first-order chi connectivity index (χ1) is 27.0. The zero-order chi connectivity index (χ0) is 41.1. The van der Waals surface area contributed by atoms with Crippen LogP contribution in [0.3, 0.4) is 0 Å². The molecule has 2 aromatic carbocycles. The summed E-state index contributed by atoms with van der Waals surface area (Å²) in [5, 5.41) is 2.31. The summed E-state index contributed by atoms with van der Waals surface area (Å²) in [5.74, 6) is 3.76. The van der Waals surface area contributed by atoms with Gasteiger partial charge in [0.2, 0.25) is 0 Å². The van der Waals surface area contributed by atoms with Gasteiger partial charge in [0, 0.05) is 53.8 Å². The van der Waals surface area contributed by atoms with Crippen LogP contribution in [0.2, 0.25) is 16.6 Å². The van der Waals surface area contributed by atoms with E-state index in [0.717, 1.165) is 36.9 Å². The quantitative estimate of drug-likeness (QED) is 0.0948. The standard InChI is InChI=1S/C46H58F2N4O4Si/c1-26(2)57(27(3)4,28(5)6)19-18-35-38(47)17-14-31-20-34(55-25-54-11)21-36(40(31)35)43-42(48)41-37(22-49-43)44(50-29(7)39(41)30-12-13-30)51-23-32-15-16-33(24-51)52(32)45(53)56-46(8,9)10/h14,17,20-22,26-28,30,32-33H,12-13,15-16,23-25H2,1-11H3. The predicted molar refractivity (Wildman–Crippen MR) is 227 cm³/mol. The molecule has 2 atom stereocenters. The van der Waals surface area contributed by atoms with Gasteiger partial charge in [0.05, 0.1) is 17.6 Å². The normalized spacial score (nSPS) is 18.6. The van der Waals surface area contributed by atoms with Gasteiger partial charge in [0.15, 0.2) is 12.6 Å². The van der Waals surface area contributed by atoms with Gasteiger partial charge in [-0.2, -0.15) is 0 Å². The lowest BCUT2D eigenvalue weighted by Crippen LogP contribution is -2.57. The summed E-state index contributed by atoms with van der Waals surface area (Å²) >= 11 is 0. The molecule has 8 nitrogen and oxygen atoms in total. The molecule has 2 unspecified atom stereocenters. The molecule has 3 aliphatic rings. The van der Waals surface area contributed by atoms with Crippen LogP contribution >= 0.6 is 0 Å². The summed E-state index contributed by atoms with van der Waals surface area (Å²) in [7, 11) is -0.720. The number of amides is 1. The molecule has 2 aliphatic heterocycles. The number of rotatable bonds is 9. The number of methoxy groups -OCH3 is 1. The smallest absolute Gasteiger partial charge is 0.410 e. The summed E-state index contributed by atoms with van der Waals surface area (Å²) in [4.78, 5) is 27.4. The molecule has 4 heterocycles. The lowest BCUT2D eigenvalue weighted by molar-refractivity contribution is 0.0123. The molecule has 1 amide bonds. The van der Waals surface area contributed by atoms with Crippen LogP contribution < -0.4 is 9.64 Å². The molecule has 2 bridgehead atoms. The molecule has 7 rings (SSSR count). The second kappa shape index (κ2) is 15.5. The number of pyridine rings is 2.